The number of carbonyl (C=O) groups is 1. The van der Waals surface area contributed by atoms with Crippen LogP contribution >= 0.6 is 0 Å². The second-order valence-corrected chi connectivity index (χ2v) is 10.3. The fourth-order valence-corrected chi connectivity index (χ4v) is 5.47. The van der Waals surface area contributed by atoms with Crippen LogP contribution in [0.1, 0.15) is 52.6 Å². The second kappa shape index (κ2) is 11.3. The van der Waals surface area contributed by atoms with Gasteiger partial charge in [-0.2, -0.15) is 0 Å². The molecule has 4 nitrogen and oxygen atoms in total. The van der Waals surface area contributed by atoms with Gasteiger partial charge in [-0.1, -0.05) is 104 Å². The Kier molecular flexibility index (Phi) is 7.29. The van der Waals surface area contributed by atoms with E-state index in [2.05, 4.69) is 79.0 Å². The first kappa shape index (κ1) is 25.1. The first-order valence-corrected chi connectivity index (χ1v) is 13.8. The molecule has 4 aromatic carbocycles. The van der Waals surface area contributed by atoms with Gasteiger partial charge in [-0.25, -0.2) is 0 Å². The van der Waals surface area contributed by atoms with Crippen molar-refractivity contribution in [3.8, 4) is 11.1 Å². The molecule has 2 aliphatic rings. The first-order chi connectivity index (χ1) is 19.2. The van der Waals surface area contributed by atoms with E-state index in [0.29, 0.717) is 25.3 Å². The molecule has 0 unspecified atom stereocenters. The van der Waals surface area contributed by atoms with E-state index in [-0.39, 0.29) is 11.8 Å². The number of hydrogen-bond acceptors (Lipinski definition) is 3. The normalized spacial score (nSPS) is 17.5. The summed E-state index contributed by atoms with van der Waals surface area (Å²) in [5.74, 6) is 0.105. The van der Waals surface area contributed by atoms with Crippen molar-refractivity contribution in [1.82, 2.24) is 5.32 Å². The van der Waals surface area contributed by atoms with Crippen LogP contribution in [0.2, 0.25) is 0 Å². The third kappa shape index (κ3) is 5.67. The van der Waals surface area contributed by atoms with Gasteiger partial charge in [-0.15, -0.1) is 0 Å². The minimum atomic E-state index is -0.520. The Morgan fingerprint density at radius 2 is 1.59 bits per heavy atom. The van der Waals surface area contributed by atoms with Gasteiger partial charge in [0.05, 0.1) is 6.61 Å². The van der Waals surface area contributed by atoms with Gasteiger partial charge in [-0.3, -0.25) is 4.79 Å². The monoisotopic (exact) mass is 515 g/mol. The zero-order valence-corrected chi connectivity index (χ0v) is 22.2. The highest BCUT2D eigenvalue weighted by Crippen LogP contribution is 2.40. The quantitative estimate of drug-likeness (QED) is 0.240. The van der Waals surface area contributed by atoms with Crippen LogP contribution in [0, 0.1) is 0 Å². The zero-order chi connectivity index (χ0) is 26.6. The molecule has 4 heteroatoms. The third-order valence-electron chi connectivity index (χ3n) is 7.69. The molecule has 1 heterocycles. The fraction of sp³-hybridized carbons (Fsp3) is 0.229. The van der Waals surface area contributed by atoms with E-state index in [1.807, 2.05) is 36.4 Å². The number of rotatable bonds is 8. The molecule has 1 amide bonds. The molecule has 4 aromatic rings. The summed E-state index contributed by atoms with van der Waals surface area (Å²) in [5.41, 5.74) is 9.92. The summed E-state index contributed by atoms with van der Waals surface area (Å²) in [4.78, 5) is 13.2. The smallest absolute Gasteiger partial charge is 0.286 e. The number of amides is 1. The van der Waals surface area contributed by atoms with Gasteiger partial charge in [0.2, 0.25) is 6.29 Å². The summed E-state index contributed by atoms with van der Waals surface area (Å²) in [7, 11) is 0. The zero-order valence-electron chi connectivity index (χ0n) is 22.2. The molecule has 39 heavy (non-hydrogen) atoms. The van der Waals surface area contributed by atoms with Crippen LogP contribution in [0.25, 0.3) is 11.1 Å². The van der Waals surface area contributed by atoms with Gasteiger partial charge in [0.1, 0.15) is 0 Å². The van der Waals surface area contributed by atoms with Crippen LogP contribution in [0.5, 0.6) is 0 Å². The molecule has 0 radical (unpaired) electrons. The average Bonchev–Trinajstić information content (AvgIpc) is 3.37. The maximum atomic E-state index is 13.2. The van der Waals surface area contributed by atoms with Crippen molar-refractivity contribution in [1.29, 1.82) is 0 Å². The number of carbonyl (C=O) groups excluding carboxylic acids is 1. The van der Waals surface area contributed by atoms with E-state index in [1.165, 1.54) is 33.4 Å². The van der Waals surface area contributed by atoms with Gasteiger partial charge in [0.15, 0.2) is 5.76 Å². The molecule has 196 valence electrons. The number of fused-ring (bicyclic) bond motifs is 3. The summed E-state index contributed by atoms with van der Waals surface area (Å²) >= 11 is 0. The van der Waals surface area contributed by atoms with E-state index in [1.54, 1.807) is 0 Å². The Balaban J connectivity index is 1.22. The average molecular weight is 516 g/mol. The van der Waals surface area contributed by atoms with Crippen molar-refractivity contribution in [2.75, 3.05) is 0 Å². The van der Waals surface area contributed by atoms with Crippen molar-refractivity contribution in [3.05, 3.63) is 142 Å². The third-order valence-corrected chi connectivity index (χ3v) is 7.69. The van der Waals surface area contributed by atoms with E-state index in [9.17, 15) is 4.79 Å². The largest absolute Gasteiger partial charge is 0.459 e. The van der Waals surface area contributed by atoms with Crippen LogP contribution in [-0.2, 0) is 40.3 Å². The van der Waals surface area contributed by atoms with Gasteiger partial charge < -0.3 is 14.8 Å². The Morgan fingerprint density at radius 3 is 2.41 bits per heavy atom. The highest BCUT2D eigenvalue weighted by molar-refractivity contribution is 5.91. The van der Waals surface area contributed by atoms with Crippen LogP contribution < -0.4 is 5.32 Å². The van der Waals surface area contributed by atoms with Gasteiger partial charge in [0, 0.05) is 18.9 Å². The standard InChI is InChI=1S/C35H33NO3/c1-2-24-12-14-26(15-13-24)23-38-34-21-29(20-33(39-34)35(37)36-22-25-8-4-3-5-9-25)27-16-17-32-30(18-27)19-28-10-6-7-11-31(28)32/h3-18,20,29,34H,2,19,21-23H2,1H3,(H,36,37)/t29-,34+/m0/s1. The van der Waals surface area contributed by atoms with Crippen molar-refractivity contribution >= 4 is 5.91 Å². The molecule has 1 N–H and O–H groups in total. The molecule has 0 spiro atoms. The molecule has 0 fully saturated rings. The van der Waals surface area contributed by atoms with Crippen molar-refractivity contribution in [3.63, 3.8) is 0 Å². The van der Waals surface area contributed by atoms with Gasteiger partial charge in [-0.05, 0) is 63.4 Å². The molecular formula is C35H33NO3. The van der Waals surface area contributed by atoms with Gasteiger partial charge >= 0.3 is 0 Å². The number of allylic oxidation sites excluding steroid dienone is 1. The van der Waals surface area contributed by atoms with Crippen molar-refractivity contribution in [2.24, 2.45) is 0 Å². The van der Waals surface area contributed by atoms with E-state index in [4.69, 9.17) is 9.47 Å². The molecule has 1 aliphatic heterocycles. The van der Waals surface area contributed by atoms with Crippen LogP contribution in [-0.4, -0.2) is 12.2 Å². The minimum Gasteiger partial charge on any atom is -0.459 e. The lowest BCUT2D eigenvalue weighted by atomic mass is 9.90. The Bertz CT molecular complexity index is 1490. The molecule has 0 saturated carbocycles. The number of ether oxygens (including phenoxy) is 2. The molecule has 6 rings (SSSR count). The lowest BCUT2D eigenvalue weighted by Gasteiger charge is -2.29. The SMILES string of the molecule is CCc1ccc(CO[C@H]2C[C@@H](c3ccc4c(c3)Cc3ccccc3-4)C=C(C(=O)NCc3ccccc3)O2)cc1. The Labute approximate surface area is 230 Å². The lowest BCUT2D eigenvalue weighted by Crippen LogP contribution is -2.32. The number of nitrogens with one attached hydrogen (secondary N) is 1. The highest BCUT2D eigenvalue weighted by Gasteiger charge is 2.30. The summed E-state index contributed by atoms with van der Waals surface area (Å²) in [6.45, 7) is 3.02. The van der Waals surface area contributed by atoms with Gasteiger partial charge in [0.25, 0.3) is 5.91 Å². The van der Waals surface area contributed by atoms with Crippen molar-refractivity contribution in [2.45, 2.75) is 51.5 Å². The Hall–Kier alpha value is -4.15. The maximum absolute atomic E-state index is 13.2. The van der Waals surface area contributed by atoms with E-state index < -0.39 is 6.29 Å². The van der Waals surface area contributed by atoms with Crippen molar-refractivity contribution < 1.29 is 14.3 Å². The first-order valence-electron chi connectivity index (χ1n) is 13.8. The van der Waals surface area contributed by atoms with Crippen LogP contribution in [0.3, 0.4) is 0 Å². The van der Waals surface area contributed by atoms with Crippen LogP contribution in [0.4, 0.5) is 0 Å². The molecular weight excluding hydrogens is 482 g/mol. The summed E-state index contributed by atoms with van der Waals surface area (Å²) < 4.78 is 12.4. The molecule has 0 saturated heterocycles. The molecule has 0 bridgehead atoms. The highest BCUT2D eigenvalue weighted by atomic mass is 16.7. The number of aryl methyl sites for hydroxylation is 1. The molecule has 0 aromatic heterocycles. The summed E-state index contributed by atoms with van der Waals surface area (Å²) in [6, 6.07) is 33.7. The van der Waals surface area contributed by atoms with E-state index in [0.717, 1.165) is 24.0 Å². The number of hydrogen-bond donors (Lipinski definition) is 1. The number of benzene rings is 4. The molecule has 2 atom stereocenters. The fourth-order valence-electron chi connectivity index (χ4n) is 5.47. The Morgan fingerprint density at radius 1 is 0.846 bits per heavy atom. The predicted molar refractivity (Wildman–Crippen MR) is 154 cm³/mol. The predicted octanol–water partition coefficient (Wildman–Crippen LogP) is 7.07. The molecule has 1 aliphatic carbocycles. The lowest BCUT2D eigenvalue weighted by molar-refractivity contribution is -0.150. The maximum Gasteiger partial charge on any atom is 0.286 e. The second-order valence-electron chi connectivity index (χ2n) is 10.3. The summed E-state index contributed by atoms with van der Waals surface area (Å²) in [5, 5.41) is 3.01. The topological polar surface area (TPSA) is 47.6 Å². The minimum absolute atomic E-state index is 0.0118. The summed E-state index contributed by atoms with van der Waals surface area (Å²) in [6.07, 6.45) is 4.03. The van der Waals surface area contributed by atoms with Crippen LogP contribution in [0.15, 0.2) is 109 Å². The van der Waals surface area contributed by atoms with E-state index >= 15 is 0 Å².